The van der Waals surface area contributed by atoms with Crippen LogP contribution in [0.3, 0.4) is 0 Å². The molecule has 0 radical (unpaired) electrons. The minimum Gasteiger partial charge on any atom is -0.354 e. The summed E-state index contributed by atoms with van der Waals surface area (Å²) in [5.74, 6) is -0.0686. The minimum atomic E-state index is -0.324. The number of hydrogen-bond donors (Lipinski definition) is 2. The monoisotopic (exact) mass is 274 g/mol. The maximum Gasteiger partial charge on any atom is 0.282 e. The van der Waals surface area contributed by atoms with Crippen LogP contribution >= 0.6 is 22.9 Å². The summed E-state index contributed by atoms with van der Waals surface area (Å²) in [4.78, 5) is 22.7. The van der Waals surface area contributed by atoms with Crippen molar-refractivity contribution >= 4 is 34.8 Å². The van der Waals surface area contributed by atoms with Crippen molar-refractivity contribution in [3.8, 4) is 0 Å². The van der Waals surface area contributed by atoms with Gasteiger partial charge in [0, 0.05) is 19.0 Å². The van der Waals surface area contributed by atoms with Gasteiger partial charge in [0.25, 0.3) is 5.91 Å². The van der Waals surface area contributed by atoms with Crippen molar-refractivity contribution in [3.05, 3.63) is 9.47 Å². The standard InChI is InChI=1S/C9H11ClN4O2S/c10-9-14-13-8(17-9)7(16)12-4-3-11-6(15)5-1-2-5/h5H,1-4H2,(H,11,15)(H,12,16). The van der Waals surface area contributed by atoms with Gasteiger partial charge in [0.05, 0.1) is 0 Å². The van der Waals surface area contributed by atoms with Crippen molar-refractivity contribution in [1.82, 2.24) is 20.8 Å². The molecular formula is C9H11ClN4O2S. The highest BCUT2D eigenvalue weighted by Crippen LogP contribution is 2.28. The van der Waals surface area contributed by atoms with Gasteiger partial charge in [0.15, 0.2) is 0 Å². The number of hydrogen-bond acceptors (Lipinski definition) is 5. The minimum absolute atomic E-state index is 0.0678. The molecule has 1 aliphatic carbocycles. The van der Waals surface area contributed by atoms with Gasteiger partial charge < -0.3 is 10.6 Å². The second-order valence-corrected chi connectivity index (χ2v) is 5.24. The zero-order valence-corrected chi connectivity index (χ0v) is 10.5. The number of aromatic nitrogens is 2. The molecule has 6 nitrogen and oxygen atoms in total. The van der Waals surface area contributed by atoms with Crippen LogP contribution in [0.2, 0.25) is 4.47 Å². The van der Waals surface area contributed by atoms with E-state index in [2.05, 4.69) is 20.8 Å². The maximum atomic E-state index is 11.5. The Morgan fingerprint density at radius 2 is 2.00 bits per heavy atom. The van der Waals surface area contributed by atoms with Gasteiger partial charge in [-0.2, -0.15) is 0 Å². The highest BCUT2D eigenvalue weighted by molar-refractivity contribution is 7.17. The van der Waals surface area contributed by atoms with E-state index in [0.717, 1.165) is 24.2 Å². The van der Waals surface area contributed by atoms with Crippen LogP contribution in [0.1, 0.15) is 22.6 Å². The van der Waals surface area contributed by atoms with Crippen molar-refractivity contribution < 1.29 is 9.59 Å². The summed E-state index contributed by atoms with van der Waals surface area (Å²) in [6.07, 6.45) is 1.95. The quantitative estimate of drug-likeness (QED) is 0.764. The van der Waals surface area contributed by atoms with Crippen molar-refractivity contribution in [1.29, 1.82) is 0 Å². The van der Waals surface area contributed by atoms with Gasteiger partial charge in [-0.1, -0.05) is 11.3 Å². The third-order valence-electron chi connectivity index (χ3n) is 2.25. The van der Waals surface area contributed by atoms with Crippen LogP contribution in [-0.4, -0.2) is 35.1 Å². The lowest BCUT2D eigenvalue weighted by atomic mass is 10.4. The Balaban J connectivity index is 1.64. The van der Waals surface area contributed by atoms with Crippen LogP contribution in [0.5, 0.6) is 0 Å². The van der Waals surface area contributed by atoms with Crippen molar-refractivity contribution in [2.75, 3.05) is 13.1 Å². The van der Waals surface area contributed by atoms with Gasteiger partial charge in [-0.05, 0) is 24.4 Å². The number of nitrogens with zero attached hydrogens (tertiary/aromatic N) is 2. The fourth-order valence-corrected chi connectivity index (χ4v) is 1.97. The fraction of sp³-hybridized carbons (Fsp3) is 0.556. The molecule has 17 heavy (non-hydrogen) atoms. The van der Waals surface area contributed by atoms with Crippen LogP contribution in [0.15, 0.2) is 0 Å². The molecule has 8 heteroatoms. The summed E-state index contributed by atoms with van der Waals surface area (Å²) in [6, 6.07) is 0. The summed E-state index contributed by atoms with van der Waals surface area (Å²) in [7, 11) is 0. The predicted molar refractivity (Wildman–Crippen MR) is 63.0 cm³/mol. The molecule has 0 aromatic carbocycles. The summed E-state index contributed by atoms with van der Waals surface area (Å²) < 4.78 is 0.234. The highest BCUT2D eigenvalue weighted by Gasteiger charge is 2.29. The molecule has 1 heterocycles. The number of carbonyl (C=O) groups excluding carboxylic acids is 2. The first-order valence-corrected chi connectivity index (χ1v) is 6.41. The summed E-state index contributed by atoms with van der Waals surface area (Å²) in [6.45, 7) is 0.794. The Morgan fingerprint density at radius 3 is 2.59 bits per heavy atom. The van der Waals surface area contributed by atoms with E-state index in [4.69, 9.17) is 11.6 Å². The first-order chi connectivity index (χ1) is 8.16. The average molecular weight is 275 g/mol. The first kappa shape index (κ1) is 12.3. The number of amides is 2. The van der Waals surface area contributed by atoms with Crippen molar-refractivity contribution in [2.24, 2.45) is 5.92 Å². The molecule has 0 spiro atoms. The van der Waals surface area contributed by atoms with E-state index in [1.54, 1.807) is 0 Å². The van der Waals surface area contributed by atoms with E-state index in [0.29, 0.717) is 13.1 Å². The summed E-state index contributed by atoms with van der Waals surface area (Å²) in [5, 5.41) is 12.7. The molecule has 1 saturated carbocycles. The van der Waals surface area contributed by atoms with Crippen LogP contribution in [0.4, 0.5) is 0 Å². The van der Waals surface area contributed by atoms with E-state index in [1.807, 2.05) is 0 Å². The van der Waals surface area contributed by atoms with Crippen LogP contribution in [0.25, 0.3) is 0 Å². The Bertz CT molecular complexity index is 432. The highest BCUT2D eigenvalue weighted by atomic mass is 35.5. The summed E-state index contributed by atoms with van der Waals surface area (Å²) >= 11 is 6.58. The van der Waals surface area contributed by atoms with E-state index in [1.165, 1.54) is 0 Å². The molecule has 1 aromatic rings. The molecule has 0 atom stereocenters. The van der Waals surface area contributed by atoms with Crippen molar-refractivity contribution in [3.63, 3.8) is 0 Å². The maximum absolute atomic E-state index is 11.5. The molecule has 1 aromatic heterocycles. The number of halogens is 1. The third-order valence-corrected chi connectivity index (χ3v) is 3.27. The molecule has 1 aliphatic rings. The predicted octanol–water partition coefficient (Wildman–Crippen LogP) is 0.448. The first-order valence-electron chi connectivity index (χ1n) is 5.21. The third kappa shape index (κ3) is 3.64. The molecule has 0 aliphatic heterocycles. The van der Waals surface area contributed by atoms with E-state index < -0.39 is 0 Å². The molecule has 2 amide bonds. The topological polar surface area (TPSA) is 84.0 Å². The second kappa shape index (κ2) is 5.42. The molecular weight excluding hydrogens is 264 g/mol. The molecule has 0 saturated heterocycles. The lowest BCUT2D eigenvalue weighted by Gasteiger charge is -2.04. The molecule has 0 unspecified atom stereocenters. The molecule has 92 valence electrons. The fourth-order valence-electron chi connectivity index (χ4n) is 1.22. The normalized spacial score (nSPS) is 14.4. The van der Waals surface area contributed by atoms with Crippen LogP contribution < -0.4 is 10.6 Å². The largest absolute Gasteiger partial charge is 0.354 e. The summed E-state index contributed by atoms with van der Waals surface area (Å²) in [5.41, 5.74) is 0. The van der Waals surface area contributed by atoms with Crippen molar-refractivity contribution in [2.45, 2.75) is 12.8 Å². The lowest BCUT2D eigenvalue weighted by molar-refractivity contribution is -0.122. The van der Waals surface area contributed by atoms with Crippen LogP contribution in [0, 0.1) is 5.92 Å². The molecule has 1 fully saturated rings. The Labute approximate surface area is 107 Å². The zero-order valence-electron chi connectivity index (χ0n) is 8.90. The van der Waals surface area contributed by atoms with E-state index in [-0.39, 0.29) is 27.2 Å². The van der Waals surface area contributed by atoms with Gasteiger partial charge in [0.2, 0.25) is 15.4 Å². The van der Waals surface area contributed by atoms with Gasteiger partial charge in [0.1, 0.15) is 0 Å². The zero-order chi connectivity index (χ0) is 12.3. The van der Waals surface area contributed by atoms with Gasteiger partial charge >= 0.3 is 0 Å². The smallest absolute Gasteiger partial charge is 0.282 e. The van der Waals surface area contributed by atoms with Gasteiger partial charge in [-0.15, -0.1) is 10.2 Å². The Kier molecular flexibility index (Phi) is 3.90. The van der Waals surface area contributed by atoms with Crippen LogP contribution in [-0.2, 0) is 4.79 Å². The number of nitrogens with one attached hydrogen (secondary N) is 2. The van der Waals surface area contributed by atoms with Gasteiger partial charge in [-0.3, -0.25) is 9.59 Å². The average Bonchev–Trinajstić information content (AvgIpc) is 3.07. The SMILES string of the molecule is O=C(NCCNC(=O)C1CC1)c1nnc(Cl)s1. The van der Waals surface area contributed by atoms with Gasteiger partial charge in [-0.25, -0.2) is 0 Å². The van der Waals surface area contributed by atoms with E-state index in [9.17, 15) is 9.59 Å². The lowest BCUT2D eigenvalue weighted by Crippen LogP contribution is -2.35. The Morgan fingerprint density at radius 1 is 1.29 bits per heavy atom. The van der Waals surface area contributed by atoms with E-state index >= 15 is 0 Å². The number of rotatable bonds is 5. The molecule has 0 bridgehead atoms. The molecule has 2 N–H and O–H groups in total. The second-order valence-electron chi connectivity index (χ2n) is 3.68. The Hall–Kier alpha value is -1.21. The number of carbonyl (C=O) groups is 2. The molecule has 2 rings (SSSR count).